The zero-order valence-electron chi connectivity index (χ0n) is 16.5. The molecular formula is C19H30F2N4O2. The molecule has 0 aliphatic rings. The second-order valence-corrected chi connectivity index (χ2v) is 6.24. The number of ether oxygens (including phenoxy) is 1. The minimum absolute atomic E-state index is 0.0128. The van der Waals surface area contributed by atoms with Crippen LogP contribution in [0.3, 0.4) is 0 Å². The number of amides is 1. The minimum Gasteiger partial charge on any atom is -0.435 e. The molecule has 0 radical (unpaired) electrons. The third-order valence-corrected chi connectivity index (χ3v) is 3.88. The number of rotatable bonds is 10. The molecule has 0 saturated carbocycles. The summed E-state index contributed by atoms with van der Waals surface area (Å²) in [6.07, 6.45) is 1.22. The average Bonchev–Trinajstić information content (AvgIpc) is 2.62. The van der Waals surface area contributed by atoms with E-state index in [-0.39, 0.29) is 17.7 Å². The van der Waals surface area contributed by atoms with Crippen LogP contribution in [-0.2, 0) is 11.3 Å². The lowest BCUT2D eigenvalue weighted by molar-refractivity contribution is -0.121. The topological polar surface area (TPSA) is 66.0 Å². The third-order valence-electron chi connectivity index (χ3n) is 3.88. The Morgan fingerprint density at radius 1 is 1.26 bits per heavy atom. The summed E-state index contributed by atoms with van der Waals surface area (Å²) >= 11 is 0. The average molecular weight is 384 g/mol. The van der Waals surface area contributed by atoms with E-state index in [4.69, 9.17) is 0 Å². The number of carbonyl (C=O) groups is 1. The molecule has 1 unspecified atom stereocenters. The maximum atomic E-state index is 12.2. The highest BCUT2D eigenvalue weighted by molar-refractivity contribution is 5.80. The van der Waals surface area contributed by atoms with E-state index >= 15 is 0 Å². The molecule has 0 bridgehead atoms. The van der Waals surface area contributed by atoms with Gasteiger partial charge in [-0.1, -0.05) is 19.1 Å². The molecule has 0 heterocycles. The standard InChI is InChI=1S/C19H30F2N4O2/c1-5-14(3)24-17(26)11-12-23-19(22-6-2)25(4)13-15-7-9-16(10-8-15)27-18(20)21/h7-10,14,18H,5-6,11-13H2,1-4H3,(H,22,23)(H,24,26). The van der Waals surface area contributed by atoms with Crippen molar-refractivity contribution < 1.29 is 18.3 Å². The number of nitrogens with zero attached hydrogens (tertiary/aromatic N) is 2. The Hall–Kier alpha value is -2.38. The van der Waals surface area contributed by atoms with Gasteiger partial charge in [0.05, 0.1) is 6.54 Å². The third kappa shape index (κ3) is 9.21. The first-order chi connectivity index (χ1) is 12.8. The molecule has 0 aliphatic carbocycles. The maximum absolute atomic E-state index is 12.2. The van der Waals surface area contributed by atoms with E-state index < -0.39 is 6.61 Å². The monoisotopic (exact) mass is 384 g/mol. The van der Waals surface area contributed by atoms with Gasteiger partial charge in [0, 0.05) is 32.6 Å². The van der Waals surface area contributed by atoms with E-state index in [0.29, 0.717) is 32.0 Å². The summed E-state index contributed by atoms with van der Waals surface area (Å²) in [5.74, 6) is 0.798. The van der Waals surface area contributed by atoms with E-state index in [1.165, 1.54) is 12.1 Å². The molecule has 0 aliphatic heterocycles. The lowest BCUT2D eigenvalue weighted by atomic mass is 10.2. The van der Waals surface area contributed by atoms with Crippen LogP contribution in [0.4, 0.5) is 8.78 Å². The number of halogens is 2. The first-order valence-corrected chi connectivity index (χ1v) is 9.18. The van der Waals surface area contributed by atoms with Gasteiger partial charge >= 0.3 is 6.61 Å². The Balaban J connectivity index is 2.60. The molecule has 0 aromatic heterocycles. The van der Waals surface area contributed by atoms with Gasteiger partial charge in [0.2, 0.25) is 5.91 Å². The predicted octanol–water partition coefficient (Wildman–Crippen LogP) is 2.99. The van der Waals surface area contributed by atoms with Gasteiger partial charge in [0.15, 0.2) is 5.96 Å². The molecule has 1 aromatic carbocycles. The highest BCUT2D eigenvalue weighted by Gasteiger charge is 2.09. The molecular weight excluding hydrogens is 354 g/mol. The normalized spacial score (nSPS) is 12.6. The van der Waals surface area contributed by atoms with Gasteiger partial charge in [-0.2, -0.15) is 8.78 Å². The Morgan fingerprint density at radius 2 is 1.93 bits per heavy atom. The van der Waals surface area contributed by atoms with Crippen LogP contribution in [0.25, 0.3) is 0 Å². The summed E-state index contributed by atoms with van der Waals surface area (Å²) in [5, 5.41) is 6.10. The number of hydrogen-bond donors (Lipinski definition) is 2. The summed E-state index contributed by atoms with van der Waals surface area (Å²) in [4.78, 5) is 18.2. The molecule has 0 spiro atoms. The first kappa shape index (κ1) is 22.7. The number of hydrogen-bond acceptors (Lipinski definition) is 3. The van der Waals surface area contributed by atoms with E-state index in [0.717, 1.165) is 12.0 Å². The van der Waals surface area contributed by atoms with Crippen LogP contribution < -0.4 is 15.4 Å². The molecule has 152 valence electrons. The van der Waals surface area contributed by atoms with Gasteiger partial charge in [0.1, 0.15) is 5.75 Å². The number of carbonyl (C=O) groups excluding carboxylic acids is 1. The van der Waals surface area contributed by atoms with Crippen LogP contribution in [0.15, 0.2) is 29.3 Å². The van der Waals surface area contributed by atoms with Crippen molar-refractivity contribution in [2.45, 2.75) is 52.8 Å². The molecule has 1 amide bonds. The van der Waals surface area contributed by atoms with Crippen molar-refractivity contribution in [3.05, 3.63) is 29.8 Å². The molecule has 1 atom stereocenters. The smallest absolute Gasteiger partial charge is 0.387 e. The van der Waals surface area contributed by atoms with Crippen LogP contribution in [0.5, 0.6) is 5.75 Å². The summed E-state index contributed by atoms with van der Waals surface area (Å²) in [6, 6.07) is 6.65. The Labute approximate surface area is 160 Å². The summed E-state index contributed by atoms with van der Waals surface area (Å²) in [7, 11) is 1.88. The number of alkyl halides is 2. The van der Waals surface area contributed by atoms with E-state index in [9.17, 15) is 13.6 Å². The lowest BCUT2D eigenvalue weighted by Crippen LogP contribution is -2.39. The Kier molecular flexibility index (Phi) is 10.1. The van der Waals surface area contributed by atoms with Crippen LogP contribution in [-0.4, -0.2) is 49.6 Å². The molecule has 1 aromatic rings. The van der Waals surface area contributed by atoms with Gasteiger partial charge in [-0.05, 0) is 38.0 Å². The predicted molar refractivity (Wildman–Crippen MR) is 103 cm³/mol. The van der Waals surface area contributed by atoms with Crippen molar-refractivity contribution in [2.24, 2.45) is 4.99 Å². The fourth-order valence-corrected chi connectivity index (χ4v) is 2.31. The van der Waals surface area contributed by atoms with Gasteiger partial charge in [-0.25, -0.2) is 0 Å². The second-order valence-electron chi connectivity index (χ2n) is 6.24. The van der Waals surface area contributed by atoms with Crippen LogP contribution >= 0.6 is 0 Å². The fourth-order valence-electron chi connectivity index (χ4n) is 2.31. The number of benzene rings is 1. The van der Waals surface area contributed by atoms with E-state index in [1.54, 1.807) is 12.1 Å². The second kappa shape index (κ2) is 12.1. The minimum atomic E-state index is -2.83. The van der Waals surface area contributed by atoms with E-state index in [2.05, 4.69) is 20.4 Å². The largest absolute Gasteiger partial charge is 0.435 e. The zero-order chi connectivity index (χ0) is 20.2. The molecule has 27 heavy (non-hydrogen) atoms. The summed E-state index contributed by atoms with van der Waals surface area (Å²) in [6.45, 7) is 4.75. The van der Waals surface area contributed by atoms with Crippen molar-refractivity contribution in [3.8, 4) is 5.75 Å². The van der Waals surface area contributed by atoms with Gasteiger partial charge in [-0.3, -0.25) is 9.79 Å². The van der Waals surface area contributed by atoms with E-state index in [1.807, 2.05) is 32.7 Å². The highest BCUT2D eigenvalue weighted by Crippen LogP contribution is 2.15. The Morgan fingerprint density at radius 3 is 2.48 bits per heavy atom. The number of nitrogens with one attached hydrogen (secondary N) is 2. The van der Waals surface area contributed by atoms with Crippen molar-refractivity contribution in [1.82, 2.24) is 15.5 Å². The van der Waals surface area contributed by atoms with Crippen LogP contribution in [0.2, 0.25) is 0 Å². The van der Waals surface area contributed by atoms with Gasteiger partial charge in [-0.15, -0.1) is 0 Å². The molecule has 8 heteroatoms. The van der Waals surface area contributed by atoms with Crippen molar-refractivity contribution in [2.75, 3.05) is 20.1 Å². The van der Waals surface area contributed by atoms with Crippen molar-refractivity contribution >= 4 is 11.9 Å². The molecule has 1 rings (SSSR count). The highest BCUT2D eigenvalue weighted by atomic mass is 19.3. The van der Waals surface area contributed by atoms with Crippen LogP contribution in [0, 0.1) is 0 Å². The lowest BCUT2D eigenvalue weighted by Gasteiger charge is -2.22. The number of aliphatic imine (C=N–C) groups is 1. The zero-order valence-corrected chi connectivity index (χ0v) is 16.5. The summed E-state index contributed by atoms with van der Waals surface area (Å²) < 4.78 is 28.8. The van der Waals surface area contributed by atoms with Crippen molar-refractivity contribution in [1.29, 1.82) is 0 Å². The number of guanidine groups is 1. The SMILES string of the molecule is CCNC(=NCCC(=O)NC(C)CC)N(C)Cc1ccc(OC(F)F)cc1. The quantitative estimate of drug-likeness (QED) is 0.481. The Bertz CT molecular complexity index is 594. The fraction of sp³-hybridized carbons (Fsp3) is 0.579. The van der Waals surface area contributed by atoms with Gasteiger partial charge < -0.3 is 20.3 Å². The molecule has 2 N–H and O–H groups in total. The summed E-state index contributed by atoms with van der Waals surface area (Å²) in [5.41, 5.74) is 0.930. The molecule has 0 fully saturated rings. The molecule has 6 nitrogen and oxygen atoms in total. The van der Waals surface area contributed by atoms with Crippen molar-refractivity contribution in [3.63, 3.8) is 0 Å². The van der Waals surface area contributed by atoms with Gasteiger partial charge in [0.25, 0.3) is 0 Å². The van der Waals surface area contributed by atoms with Crippen LogP contribution in [0.1, 0.15) is 39.2 Å². The first-order valence-electron chi connectivity index (χ1n) is 9.18. The maximum Gasteiger partial charge on any atom is 0.387 e. The molecule has 0 saturated heterocycles.